The SMILES string of the molecule is COc1cc(C(=O)N2CCC(CCN3CCC(NC(=O)N4CCOC(C(=O)O)C4)(c4cccnc4)CC3)(c3ccc(Cl)c(Cl)c3)C2)cc(OC)c1OC. The lowest BCUT2D eigenvalue weighted by Gasteiger charge is -2.44. The Labute approximate surface area is 319 Å². The number of likely N-dealkylation sites (tertiary alicyclic amines) is 2. The molecule has 0 bridgehead atoms. The van der Waals surface area contributed by atoms with Crippen LogP contribution in [0.25, 0.3) is 0 Å². The highest BCUT2D eigenvalue weighted by atomic mass is 35.5. The Morgan fingerprint density at radius 1 is 0.925 bits per heavy atom. The van der Waals surface area contributed by atoms with E-state index in [1.807, 2.05) is 35.2 Å². The molecule has 0 saturated carbocycles. The van der Waals surface area contributed by atoms with Crippen LogP contribution >= 0.6 is 23.2 Å². The van der Waals surface area contributed by atoms with Crippen molar-refractivity contribution in [3.05, 3.63) is 81.6 Å². The molecule has 13 nitrogen and oxygen atoms in total. The van der Waals surface area contributed by atoms with Gasteiger partial charge in [-0.15, -0.1) is 0 Å². The van der Waals surface area contributed by atoms with E-state index in [9.17, 15) is 19.5 Å². The summed E-state index contributed by atoms with van der Waals surface area (Å²) in [5, 5.41) is 13.7. The minimum absolute atomic E-state index is 0.0215. The van der Waals surface area contributed by atoms with Crippen molar-refractivity contribution in [1.29, 1.82) is 0 Å². The Bertz CT molecular complexity index is 1780. The van der Waals surface area contributed by atoms with Gasteiger partial charge in [-0.2, -0.15) is 0 Å². The number of aromatic nitrogens is 1. The van der Waals surface area contributed by atoms with E-state index in [1.165, 1.54) is 26.2 Å². The average molecular weight is 771 g/mol. The maximum Gasteiger partial charge on any atom is 0.334 e. The first-order chi connectivity index (χ1) is 25.5. The number of hydrogen-bond donors (Lipinski definition) is 2. The summed E-state index contributed by atoms with van der Waals surface area (Å²) in [6.07, 6.45) is 5.16. The largest absolute Gasteiger partial charge is 0.493 e. The van der Waals surface area contributed by atoms with E-state index in [-0.39, 0.29) is 25.1 Å². The number of benzene rings is 2. The number of methoxy groups -OCH3 is 3. The molecule has 15 heteroatoms. The van der Waals surface area contributed by atoms with Crippen LogP contribution in [0.1, 0.15) is 47.2 Å². The monoisotopic (exact) mass is 769 g/mol. The molecule has 284 valence electrons. The summed E-state index contributed by atoms with van der Waals surface area (Å²) in [7, 11) is 4.56. The molecular formula is C38H45Cl2N5O8. The molecule has 2 N–H and O–H groups in total. The summed E-state index contributed by atoms with van der Waals surface area (Å²) >= 11 is 12.9. The lowest BCUT2D eigenvalue weighted by molar-refractivity contribution is -0.154. The highest BCUT2D eigenvalue weighted by Crippen LogP contribution is 2.43. The molecular weight excluding hydrogens is 725 g/mol. The number of urea groups is 1. The average Bonchev–Trinajstić information content (AvgIpc) is 3.63. The third-order valence-electron chi connectivity index (χ3n) is 10.9. The zero-order chi connectivity index (χ0) is 37.8. The first-order valence-corrected chi connectivity index (χ1v) is 18.4. The van der Waals surface area contributed by atoms with Gasteiger partial charge in [0.1, 0.15) is 0 Å². The molecule has 1 aromatic heterocycles. The molecule has 53 heavy (non-hydrogen) atoms. The van der Waals surface area contributed by atoms with Crippen LogP contribution in [-0.2, 0) is 20.5 Å². The second-order valence-corrected chi connectivity index (χ2v) is 14.6. The predicted molar refractivity (Wildman–Crippen MR) is 198 cm³/mol. The van der Waals surface area contributed by atoms with Crippen LogP contribution in [0.4, 0.5) is 4.79 Å². The Balaban J connectivity index is 1.19. The Morgan fingerprint density at radius 2 is 1.66 bits per heavy atom. The lowest BCUT2D eigenvalue weighted by Crippen LogP contribution is -2.59. The minimum atomic E-state index is -1.09. The fourth-order valence-corrected chi connectivity index (χ4v) is 8.07. The van der Waals surface area contributed by atoms with Gasteiger partial charge in [-0.3, -0.25) is 9.78 Å². The Morgan fingerprint density at radius 3 is 2.28 bits per heavy atom. The zero-order valence-electron chi connectivity index (χ0n) is 30.1. The molecule has 3 fully saturated rings. The third-order valence-corrected chi connectivity index (χ3v) is 11.6. The van der Waals surface area contributed by atoms with E-state index in [1.54, 1.807) is 24.5 Å². The summed E-state index contributed by atoms with van der Waals surface area (Å²) in [5.41, 5.74) is 1.28. The number of amides is 3. The van der Waals surface area contributed by atoms with Crippen molar-refractivity contribution in [2.45, 2.75) is 42.7 Å². The van der Waals surface area contributed by atoms with Gasteiger partial charge in [-0.1, -0.05) is 35.3 Å². The number of ether oxygens (including phenoxy) is 4. The molecule has 0 aliphatic carbocycles. The molecule has 0 radical (unpaired) electrons. The maximum absolute atomic E-state index is 14.0. The predicted octanol–water partition coefficient (Wildman–Crippen LogP) is 5.07. The van der Waals surface area contributed by atoms with Crippen molar-refractivity contribution in [2.24, 2.45) is 0 Å². The normalized spacial score (nSPS) is 21.6. The fraction of sp³-hybridized carbons (Fsp3) is 0.474. The van der Waals surface area contributed by atoms with E-state index in [4.69, 9.17) is 42.1 Å². The van der Waals surface area contributed by atoms with Crippen LogP contribution < -0.4 is 19.5 Å². The van der Waals surface area contributed by atoms with Crippen LogP contribution in [0.2, 0.25) is 10.0 Å². The molecule has 3 aromatic rings. The van der Waals surface area contributed by atoms with E-state index >= 15 is 0 Å². The highest BCUT2D eigenvalue weighted by molar-refractivity contribution is 6.42. The number of carboxylic acid groups (broad SMARTS) is 1. The van der Waals surface area contributed by atoms with Crippen LogP contribution in [0.5, 0.6) is 17.2 Å². The van der Waals surface area contributed by atoms with Crippen molar-refractivity contribution < 1.29 is 38.4 Å². The molecule has 0 spiro atoms. The highest BCUT2D eigenvalue weighted by Gasteiger charge is 2.44. The van der Waals surface area contributed by atoms with Gasteiger partial charge >= 0.3 is 12.0 Å². The molecule has 2 aromatic carbocycles. The Hall–Kier alpha value is -4.30. The summed E-state index contributed by atoms with van der Waals surface area (Å²) in [6.45, 7) is 3.59. The van der Waals surface area contributed by atoms with E-state index < -0.39 is 23.0 Å². The van der Waals surface area contributed by atoms with Crippen LogP contribution in [0.15, 0.2) is 54.9 Å². The van der Waals surface area contributed by atoms with Crippen LogP contribution in [0, 0.1) is 0 Å². The molecule has 2 atom stereocenters. The maximum atomic E-state index is 14.0. The van der Waals surface area contributed by atoms with Crippen molar-refractivity contribution in [2.75, 3.05) is 73.7 Å². The Kier molecular flexibility index (Phi) is 11.9. The number of aliphatic carboxylic acids is 1. The number of carbonyl (C=O) groups is 3. The number of halogens is 2. The number of nitrogens with zero attached hydrogens (tertiary/aromatic N) is 4. The third kappa shape index (κ3) is 8.13. The standard InChI is InChI=1S/C38H45Cl2N5O8/c1-50-30-19-25(20-31(51-2)33(30)52-3)34(46)45-16-9-37(24-45,26-6-7-28(39)29(40)21-26)8-13-43-14-10-38(11-15-43,27-5-4-12-41-22-27)42-36(49)44-17-18-53-32(23-44)35(47)48/h4-7,12,19-22,32H,8-11,13-18,23-24H2,1-3H3,(H,42,49)(H,47,48). The van der Waals surface area contributed by atoms with Crippen molar-refractivity contribution in [1.82, 2.24) is 25.0 Å². The first kappa shape index (κ1) is 38.4. The van der Waals surface area contributed by atoms with Crippen molar-refractivity contribution in [3.63, 3.8) is 0 Å². The zero-order valence-corrected chi connectivity index (χ0v) is 31.6. The molecule has 3 saturated heterocycles. The second kappa shape index (κ2) is 16.4. The lowest BCUT2D eigenvalue weighted by atomic mass is 9.76. The summed E-state index contributed by atoms with van der Waals surface area (Å²) in [4.78, 5) is 49.3. The van der Waals surface area contributed by atoms with Crippen LogP contribution in [-0.4, -0.2) is 123 Å². The van der Waals surface area contributed by atoms with Gasteiger partial charge in [0.2, 0.25) is 5.75 Å². The van der Waals surface area contributed by atoms with Gasteiger partial charge in [0.05, 0.1) is 50.1 Å². The number of hydrogen-bond acceptors (Lipinski definition) is 9. The number of morpholine rings is 1. The molecule has 6 rings (SSSR count). The van der Waals surface area contributed by atoms with Gasteiger partial charge in [0.25, 0.3) is 5.91 Å². The number of pyridine rings is 1. The number of piperidine rings is 1. The molecule has 3 amide bonds. The molecule has 4 heterocycles. The van der Waals surface area contributed by atoms with Gasteiger partial charge in [0, 0.05) is 56.1 Å². The summed E-state index contributed by atoms with van der Waals surface area (Å²) < 4.78 is 21.8. The summed E-state index contributed by atoms with van der Waals surface area (Å²) in [5.74, 6) is -0.00506. The number of nitrogens with one attached hydrogen (secondary N) is 1. The van der Waals surface area contributed by atoms with Gasteiger partial charge < -0.3 is 44.1 Å². The van der Waals surface area contributed by atoms with Crippen molar-refractivity contribution in [3.8, 4) is 17.2 Å². The van der Waals surface area contributed by atoms with E-state index in [0.717, 1.165) is 30.5 Å². The van der Waals surface area contributed by atoms with E-state index in [2.05, 4.69) is 15.2 Å². The first-order valence-electron chi connectivity index (χ1n) is 17.6. The van der Waals surface area contributed by atoms with Crippen LogP contribution in [0.3, 0.4) is 0 Å². The van der Waals surface area contributed by atoms with Gasteiger partial charge in [-0.25, -0.2) is 9.59 Å². The summed E-state index contributed by atoms with van der Waals surface area (Å²) in [6, 6.07) is 12.6. The number of carbonyl (C=O) groups excluding carboxylic acids is 2. The van der Waals surface area contributed by atoms with Gasteiger partial charge in [-0.05, 0) is 73.7 Å². The number of rotatable bonds is 11. The van der Waals surface area contributed by atoms with Crippen molar-refractivity contribution >= 4 is 41.1 Å². The number of carboxylic acids is 1. The quantitative estimate of drug-likeness (QED) is 0.271. The fourth-order valence-electron chi connectivity index (χ4n) is 7.77. The van der Waals surface area contributed by atoms with E-state index in [0.29, 0.717) is 78.4 Å². The topological polar surface area (TPSA) is 143 Å². The molecule has 3 aliphatic rings. The smallest absolute Gasteiger partial charge is 0.334 e. The minimum Gasteiger partial charge on any atom is -0.493 e. The van der Waals surface area contributed by atoms with Gasteiger partial charge in [0.15, 0.2) is 17.6 Å². The molecule has 3 aliphatic heterocycles. The second-order valence-electron chi connectivity index (χ2n) is 13.8. The molecule has 2 unspecified atom stereocenters.